The second-order valence-corrected chi connectivity index (χ2v) is 12.3. The van der Waals surface area contributed by atoms with Gasteiger partial charge in [-0.1, -0.05) is 32.1 Å². The Morgan fingerprint density at radius 1 is 0.930 bits per heavy atom. The summed E-state index contributed by atoms with van der Waals surface area (Å²) in [7, 11) is 0. The number of esters is 1. The average Bonchev–Trinajstić information content (AvgIpc) is 3.24. The molecule has 2 aromatic rings. The highest BCUT2D eigenvalue weighted by atomic mass is 17.3. The summed E-state index contributed by atoms with van der Waals surface area (Å²) in [4.78, 5) is 37.5. The number of hydrogen-bond acceptors (Lipinski definition) is 9. The number of benzene rings is 2. The topological polar surface area (TPSA) is 98.8 Å². The average molecular weight is 593 g/mol. The predicted molar refractivity (Wildman–Crippen MR) is 156 cm³/mol. The van der Waals surface area contributed by atoms with Gasteiger partial charge in [0, 0.05) is 23.8 Å². The molecule has 0 radical (unpaired) electrons. The lowest BCUT2D eigenvalue weighted by Crippen LogP contribution is -2.70. The number of fused-ring (bicyclic) bond motifs is 2. The molecule has 0 N–H and O–H groups in total. The first kappa shape index (κ1) is 29.8. The minimum atomic E-state index is -0.894. The van der Waals surface area contributed by atoms with Crippen LogP contribution in [0.3, 0.4) is 0 Å². The third-order valence-corrected chi connectivity index (χ3v) is 9.46. The van der Waals surface area contributed by atoms with E-state index in [9.17, 15) is 9.59 Å². The van der Waals surface area contributed by atoms with Crippen LogP contribution < -0.4 is 9.47 Å². The van der Waals surface area contributed by atoms with Crippen LogP contribution in [0, 0.1) is 23.7 Å². The molecule has 1 saturated carbocycles. The summed E-state index contributed by atoms with van der Waals surface area (Å²) in [6.45, 7) is 8.39. The lowest BCUT2D eigenvalue weighted by atomic mass is 9.58. The lowest BCUT2D eigenvalue weighted by molar-refractivity contribution is -0.576. The van der Waals surface area contributed by atoms with Gasteiger partial charge in [-0.3, -0.25) is 4.79 Å². The van der Waals surface area contributed by atoms with Crippen LogP contribution in [0.5, 0.6) is 11.5 Å². The zero-order valence-electron chi connectivity index (χ0n) is 25.2. The molecule has 0 aromatic heterocycles. The first-order valence-electron chi connectivity index (χ1n) is 15.3. The fourth-order valence-corrected chi connectivity index (χ4v) is 7.14. The highest BCUT2D eigenvalue weighted by molar-refractivity contribution is 6.06. The maximum atomic E-state index is 12.9. The normalized spacial score (nSPS) is 34.7. The van der Waals surface area contributed by atoms with Gasteiger partial charge in [0.1, 0.15) is 11.5 Å². The molecule has 0 unspecified atom stereocenters. The van der Waals surface area contributed by atoms with Crippen molar-refractivity contribution in [1.82, 2.24) is 0 Å². The Hall–Kier alpha value is -3.24. The fraction of sp³-hybridized carbons (Fsp3) is 0.529. The van der Waals surface area contributed by atoms with E-state index in [1.54, 1.807) is 30.3 Å². The summed E-state index contributed by atoms with van der Waals surface area (Å²) in [6, 6.07) is 14.2. The van der Waals surface area contributed by atoms with Crippen molar-refractivity contribution in [3.63, 3.8) is 0 Å². The Labute approximate surface area is 252 Å². The number of carbonyl (C=O) groups excluding carboxylic acids is 2. The van der Waals surface area contributed by atoms with Gasteiger partial charge in [-0.05, 0) is 93.0 Å². The van der Waals surface area contributed by atoms with E-state index in [4.69, 9.17) is 33.5 Å². The molecular formula is C34H40O9. The molecule has 9 nitrogen and oxygen atoms in total. The van der Waals surface area contributed by atoms with Gasteiger partial charge in [-0.2, -0.15) is 0 Å². The van der Waals surface area contributed by atoms with E-state index < -0.39 is 29.9 Å². The van der Waals surface area contributed by atoms with E-state index in [1.807, 2.05) is 45.0 Å². The summed E-state index contributed by atoms with van der Waals surface area (Å²) >= 11 is 0. The minimum Gasteiger partial charge on any atom is -0.494 e. The van der Waals surface area contributed by atoms with Gasteiger partial charge in [-0.25, -0.2) is 14.6 Å². The molecule has 0 amide bonds. The van der Waals surface area contributed by atoms with Crippen LogP contribution in [0.4, 0.5) is 0 Å². The van der Waals surface area contributed by atoms with Gasteiger partial charge in [-0.15, -0.1) is 0 Å². The number of carbonyl (C=O) groups is 2. The SMILES string of the molecule is CCOc1ccc(/C=C/C(=O)c2ccc(OCC(=O)O[C@@H]3O[C@@H]4O[C@]5(C)CC[C@H]6[C@H](C)CC[C@@H]([C@H]3C)[C@@]46OO5)cc2)cc1. The van der Waals surface area contributed by atoms with E-state index in [1.165, 1.54) is 6.08 Å². The van der Waals surface area contributed by atoms with Gasteiger partial charge in [0.05, 0.1) is 6.61 Å². The molecule has 7 rings (SSSR count). The molecule has 2 aromatic carbocycles. The fourth-order valence-electron chi connectivity index (χ4n) is 7.14. The second kappa shape index (κ2) is 12.0. The molecule has 230 valence electrons. The van der Waals surface area contributed by atoms with Crippen molar-refractivity contribution in [2.24, 2.45) is 23.7 Å². The number of hydrogen-bond donors (Lipinski definition) is 0. The van der Waals surface area contributed by atoms with Crippen molar-refractivity contribution >= 4 is 17.8 Å². The third-order valence-electron chi connectivity index (χ3n) is 9.46. The molecule has 43 heavy (non-hydrogen) atoms. The van der Waals surface area contributed by atoms with E-state index in [-0.39, 0.29) is 30.1 Å². The van der Waals surface area contributed by atoms with Gasteiger partial charge >= 0.3 is 5.97 Å². The van der Waals surface area contributed by atoms with Crippen molar-refractivity contribution < 1.29 is 43.0 Å². The van der Waals surface area contributed by atoms with Crippen molar-refractivity contribution in [2.45, 2.75) is 77.3 Å². The molecule has 1 aliphatic carbocycles. The van der Waals surface area contributed by atoms with Crippen LogP contribution >= 0.6 is 0 Å². The zero-order valence-corrected chi connectivity index (χ0v) is 25.2. The van der Waals surface area contributed by atoms with Gasteiger partial charge in [0.2, 0.25) is 12.1 Å². The monoisotopic (exact) mass is 592 g/mol. The molecule has 5 aliphatic rings. The van der Waals surface area contributed by atoms with E-state index >= 15 is 0 Å². The largest absolute Gasteiger partial charge is 0.494 e. The van der Waals surface area contributed by atoms with Crippen molar-refractivity contribution in [3.8, 4) is 11.5 Å². The standard InChI is InChI=1S/C34H40O9/c1-5-37-25-12-7-23(8-13-25)9-17-29(35)24-10-14-26(15-11-24)38-20-30(36)39-31-22(3)28-16-6-21(2)27-18-19-33(4)41-32(40-31)34(27,28)43-42-33/h7-15,17,21-22,27-28,31-32H,5-6,16,18-20H2,1-4H3/b17-9+/t21-,22-,27+,28+,31-,32-,33+,34-/m1/s1. The smallest absolute Gasteiger partial charge is 0.346 e. The van der Waals surface area contributed by atoms with Gasteiger partial charge in [0.15, 0.2) is 24.3 Å². The van der Waals surface area contributed by atoms with Gasteiger partial charge in [0.25, 0.3) is 0 Å². The summed E-state index contributed by atoms with van der Waals surface area (Å²) in [5.74, 6) is 0.282. The van der Waals surface area contributed by atoms with Gasteiger partial charge < -0.3 is 23.7 Å². The third kappa shape index (κ3) is 5.83. The van der Waals surface area contributed by atoms with Crippen LogP contribution in [0.25, 0.3) is 6.08 Å². The van der Waals surface area contributed by atoms with Crippen molar-refractivity contribution in [1.29, 1.82) is 0 Å². The highest BCUT2D eigenvalue weighted by Gasteiger charge is 2.69. The highest BCUT2D eigenvalue weighted by Crippen LogP contribution is 2.60. The van der Waals surface area contributed by atoms with E-state index in [0.29, 0.717) is 30.3 Å². The Morgan fingerprint density at radius 3 is 2.40 bits per heavy atom. The molecular weight excluding hydrogens is 552 g/mol. The molecule has 4 aliphatic heterocycles. The summed E-state index contributed by atoms with van der Waals surface area (Å²) in [5.41, 5.74) is 0.690. The minimum absolute atomic E-state index is 0.0578. The van der Waals surface area contributed by atoms with Crippen LogP contribution in [0.2, 0.25) is 0 Å². The Kier molecular flexibility index (Phi) is 8.35. The van der Waals surface area contributed by atoms with E-state index in [0.717, 1.165) is 30.6 Å². The number of ketones is 1. The molecule has 4 heterocycles. The van der Waals surface area contributed by atoms with Crippen molar-refractivity contribution in [3.05, 3.63) is 65.7 Å². The first-order chi connectivity index (χ1) is 20.7. The number of rotatable bonds is 9. The molecule has 2 bridgehead atoms. The van der Waals surface area contributed by atoms with E-state index in [2.05, 4.69) is 6.92 Å². The molecule has 8 atom stereocenters. The Bertz CT molecular complexity index is 1340. The first-order valence-corrected chi connectivity index (χ1v) is 15.3. The number of ether oxygens (including phenoxy) is 5. The van der Waals surface area contributed by atoms with Crippen molar-refractivity contribution in [2.75, 3.05) is 13.2 Å². The summed E-state index contributed by atoms with van der Waals surface area (Å²) in [5, 5.41) is 0. The summed E-state index contributed by atoms with van der Waals surface area (Å²) in [6.07, 6.45) is 5.42. The molecule has 4 saturated heterocycles. The lowest BCUT2D eigenvalue weighted by Gasteiger charge is -2.59. The summed E-state index contributed by atoms with van der Waals surface area (Å²) < 4.78 is 29.6. The van der Waals surface area contributed by atoms with Crippen LogP contribution in [-0.2, 0) is 28.8 Å². The number of allylic oxidation sites excluding steroid dienone is 1. The van der Waals surface area contributed by atoms with Crippen LogP contribution in [0.15, 0.2) is 54.6 Å². The van der Waals surface area contributed by atoms with Crippen LogP contribution in [0.1, 0.15) is 69.3 Å². The maximum Gasteiger partial charge on any atom is 0.346 e. The quantitative estimate of drug-likeness (QED) is 0.148. The molecule has 9 heteroatoms. The molecule has 5 fully saturated rings. The second-order valence-electron chi connectivity index (χ2n) is 12.3. The van der Waals surface area contributed by atoms with Crippen LogP contribution in [-0.4, -0.2) is 48.9 Å². The maximum absolute atomic E-state index is 12.9. The Balaban J connectivity index is 1.04. The predicted octanol–water partition coefficient (Wildman–Crippen LogP) is 6.11. The zero-order chi connectivity index (χ0) is 30.2. The Morgan fingerprint density at radius 2 is 1.65 bits per heavy atom. The molecule has 1 spiro atoms.